The molecule has 2 aromatic carbocycles. The van der Waals surface area contributed by atoms with Crippen LogP contribution in [0.4, 0.5) is 0 Å². The molecule has 0 aliphatic carbocycles. The first-order chi connectivity index (χ1) is 9.58. The third-order valence-electron chi connectivity index (χ3n) is 2.96. The molecule has 0 radical (unpaired) electrons. The molecule has 0 fully saturated rings. The van der Waals surface area contributed by atoms with Crippen LogP contribution in [0.5, 0.6) is 0 Å². The van der Waals surface area contributed by atoms with E-state index in [1.54, 1.807) is 34.9 Å². The quantitative estimate of drug-likeness (QED) is 0.698. The van der Waals surface area contributed by atoms with Crippen molar-refractivity contribution in [3.8, 4) is 0 Å². The van der Waals surface area contributed by atoms with Crippen LogP contribution in [0, 0.1) is 0 Å². The van der Waals surface area contributed by atoms with Gasteiger partial charge in [0.15, 0.2) is 5.16 Å². The molecule has 0 aliphatic heterocycles. The molecule has 1 aromatic heterocycles. The minimum Gasteiger partial charge on any atom is -0.321 e. The predicted molar refractivity (Wildman–Crippen MR) is 80.2 cm³/mol. The van der Waals surface area contributed by atoms with Crippen molar-refractivity contribution >= 4 is 30.7 Å². The van der Waals surface area contributed by atoms with Gasteiger partial charge in [0, 0.05) is 17.8 Å². The van der Waals surface area contributed by atoms with Crippen LogP contribution >= 0.6 is 10.8 Å². The average molecular weight is 304 g/mol. The van der Waals surface area contributed by atoms with Crippen LogP contribution in [-0.2, 0) is 15.9 Å². The minimum absolute atomic E-state index is 0.289. The van der Waals surface area contributed by atoms with Gasteiger partial charge in [0.2, 0.25) is 8.87 Å². The minimum atomic E-state index is -3.45. The van der Waals surface area contributed by atoms with Crippen molar-refractivity contribution in [3.05, 3.63) is 54.6 Å². The van der Waals surface area contributed by atoms with Gasteiger partial charge in [-0.15, -0.1) is 0 Å². The van der Waals surface area contributed by atoms with E-state index in [-0.39, 0.29) is 4.90 Å². The van der Waals surface area contributed by atoms with Gasteiger partial charge in [-0.05, 0) is 24.3 Å². The Morgan fingerprint density at radius 1 is 1.00 bits per heavy atom. The second-order valence-corrected chi connectivity index (χ2v) is 8.02. The number of rotatable bonds is 3. The zero-order chi connectivity index (χ0) is 14.2. The summed E-state index contributed by atoms with van der Waals surface area (Å²) in [7, 11) is -0.857. The summed E-state index contributed by atoms with van der Waals surface area (Å²) in [4.78, 5) is 4.66. The molecule has 3 rings (SSSR count). The normalized spacial score (nSPS) is 11.8. The Morgan fingerprint density at radius 2 is 1.65 bits per heavy atom. The van der Waals surface area contributed by atoms with Crippen LogP contribution in [0.1, 0.15) is 0 Å². The Balaban J connectivity index is 2.03. The van der Waals surface area contributed by atoms with Crippen LogP contribution in [0.2, 0.25) is 0 Å². The highest BCUT2D eigenvalue weighted by Gasteiger charge is 2.20. The Morgan fingerprint density at radius 3 is 2.35 bits per heavy atom. The van der Waals surface area contributed by atoms with Crippen LogP contribution in [0.15, 0.2) is 64.6 Å². The van der Waals surface area contributed by atoms with E-state index in [2.05, 4.69) is 4.98 Å². The van der Waals surface area contributed by atoms with Crippen molar-refractivity contribution in [1.29, 1.82) is 0 Å². The van der Waals surface area contributed by atoms with E-state index in [0.29, 0.717) is 5.16 Å². The number of nitrogens with zero attached hydrogens (tertiary/aromatic N) is 2. The monoisotopic (exact) mass is 304 g/mol. The molecule has 0 unspecified atom stereocenters. The molecule has 1 heterocycles. The average Bonchev–Trinajstić information content (AvgIpc) is 2.76. The topological polar surface area (TPSA) is 52.0 Å². The molecule has 0 amide bonds. The lowest BCUT2D eigenvalue weighted by Crippen LogP contribution is -1.98. The lowest BCUT2D eigenvalue weighted by Gasteiger charge is -2.03. The number of aryl methyl sites for hydroxylation is 1. The van der Waals surface area contributed by atoms with E-state index >= 15 is 0 Å². The number of hydrogen-bond donors (Lipinski definition) is 0. The Kier molecular flexibility index (Phi) is 3.27. The summed E-state index contributed by atoms with van der Waals surface area (Å²) in [6.45, 7) is 0. The second kappa shape index (κ2) is 4.96. The van der Waals surface area contributed by atoms with E-state index < -0.39 is 8.87 Å². The van der Waals surface area contributed by atoms with Crippen LogP contribution in [0.25, 0.3) is 11.0 Å². The van der Waals surface area contributed by atoms with Crippen LogP contribution in [-0.4, -0.2) is 18.0 Å². The lowest BCUT2D eigenvalue weighted by molar-refractivity contribution is 0.610. The van der Waals surface area contributed by atoms with Gasteiger partial charge in [-0.25, -0.2) is 13.4 Å². The maximum Gasteiger partial charge on any atom is 0.237 e. The van der Waals surface area contributed by atoms with Crippen molar-refractivity contribution < 1.29 is 8.42 Å². The summed E-state index contributed by atoms with van der Waals surface area (Å²) >= 11 is 0. The van der Waals surface area contributed by atoms with Crippen molar-refractivity contribution in [2.75, 3.05) is 0 Å². The number of fused-ring (bicyclic) bond motifs is 1. The van der Waals surface area contributed by atoms with Crippen LogP contribution < -0.4 is 0 Å². The Hall–Kier alpha value is -1.79. The van der Waals surface area contributed by atoms with Crippen molar-refractivity contribution in [2.24, 2.45) is 7.05 Å². The summed E-state index contributed by atoms with van der Waals surface area (Å²) in [6, 6.07) is 16.0. The summed E-state index contributed by atoms with van der Waals surface area (Å²) < 4.78 is 26.5. The Bertz CT molecular complexity index is 855. The van der Waals surface area contributed by atoms with E-state index in [0.717, 1.165) is 21.8 Å². The maximum atomic E-state index is 12.3. The molecule has 0 aliphatic rings. The molecule has 0 atom stereocenters. The zero-order valence-corrected chi connectivity index (χ0v) is 12.4. The lowest BCUT2D eigenvalue weighted by atomic mass is 10.3. The van der Waals surface area contributed by atoms with Gasteiger partial charge in [0.25, 0.3) is 0 Å². The molecule has 0 saturated carbocycles. The number of hydrogen-bond acceptors (Lipinski definition) is 4. The van der Waals surface area contributed by atoms with Gasteiger partial charge in [0.1, 0.15) is 0 Å². The van der Waals surface area contributed by atoms with Gasteiger partial charge in [-0.2, -0.15) is 0 Å². The smallest absolute Gasteiger partial charge is 0.237 e. The van der Waals surface area contributed by atoms with Gasteiger partial charge in [-0.1, -0.05) is 30.3 Å². The number of benzene rings is 2. The molecule has 0 saturated heterocycles. The number of para-hydroxylation sites is 2. The molecular formula is C14H12N2O2S2. The third kappa shape index (κ3) is 2.32. The molecule has 20 heavy (non-hydrogen) atoms. The highest BCUT2D eigenvalue weighted by molar-refractivity contribution is 8.72. The first-order valence-corrected chi connectivity index (χ1v) is 8.80. The first-order valence-electron chi connectivity index (χ1n) is 5.99. The molecule has 3 aromatic rings. The van der Waals surface area contributed by atoms with Crippen molar-refractivity contribution in [1.82, 2.24) is 9.55 Å². The standard InChI is InChI=1S/C14H12N2O2S2/c1-16-13-10-6-5-9-12(13)15-14(16)19-20(17,18)11-7-3-2-4-8-11/h2-10H,1H3. The fourth-order valence-corrected chi connectivity index (χ4v) is 4.72. The SMILES string of the molecule is Cn1c(SS(=O)(=O)c2ccccc2)nc2ccccc21. The number of aromatic nitrogens is 2. The Labute approximate surface area is 120 Å². The summed E-state index contributed by atoms with van der Waals surface area (Å²) in [5, 5.41) is 0.468. The third-order valence-corrected chi connectivity index (χ3v) is 6.23. The number of imidazole rings is 1. The molecule has 0 spiro atoms. The van der Waals surface area contributed by atoms with Gasteiger partial charge < -0.3 is 4.57 Å². The summed E-state index contributed by atoms with van der Waals surface area (Å²) in [5.74, 6) is 0. The molecule has 6 heteroatoms. The van der Waals surface area contributed by atoms with E-state index in [1.807, 2.05) is 31.3 Å². The highest BCUT2D eigenvalue weighted by Crippen LogP contribution is 2.31. The van der Waals surface area contributed by atoms with E-state index in [1.165, 1.54) is 0 Å². The molecular weight excluding hydrogens is 292 g/mol. The maximum absolute atomic E-state index is 12.3. The van der Waals surface area contributed by atoms with Gasteiger partial charge >= 0.3 is 0 Å². The fraction of sp³-hybridized carbons (Fsp3) is 0.0714. The highest BCUT2D eigenvalue weighted by atomic mass is 33.1. The predicted octanol–water partition coefficient (Wildman–Crippen LogP) is 3.05. The molecule has 0 bridgehead atoms. The molecule has 102 valence electrons. The second-order valence-electron chi connectivity index (χ2n) is 4.29. The molecule has 4 nitrogen and oxygen atoms in total. The van der Waals surface area contributed by atoms with Crippen molar-refractivity contribution in [2.45, 2.75) is 10.1 Å². The zero-order valence-electron chi connectivity index (χ0n) is 10.7. The molecule has 0 N–H and O–H groups in total. The largest absolute Gasteiger partial charge is 0.321 e. The van der Waals surface area contributed by atoms with Crippen molar-refractivity contribution in [3.63, 3.8) is 0 Å². The summed E-state index contributed by atoms with van der Waals surface area (Å²) in [5.41, 5.74) is 1.71. The summed E-state index contributed by atoms with van der Waals surface area (Å²) in [6.07, 6.45) is 0. The van der Waals surface area contributed by atoms with Gasteiger partial charge in [0.05, 0.1) is 15.9 Å². The van der Waals surface area contributed by atoms with Crippen LogP contribution in [0.3, 0.4) is 0 Å². The van der Waals surface area contributed by atoms with E-state index in [9.17, 15) is 8.42 Å². The first kappa shape index (κ1) is 13.2. The van der Waals surface area contributed by atoms with E-state index in [4.69, 9.17) is 0 Å². The van der Waals surface area contributed by atoms with Gasteiger partial charge in [-0.3, -0.25) is 0 Å². The fourth-order valence-electron chi connectivity index (χ4n) is 1.93.